The highest BCUT2D eigenvalue weighted by Gasteiger charge is 2.64. The number of aliphatic hydroxyl groups is 1. The third-order valence-electron chi connectivity index (χ3n) is 7.21. The molecule has 1 heterocycles. The van der Waals surface area contributed by atoms with Gasteiger partial charge in [-0.3, -0.25) is 9.69 Å². The Morgan fingerprint density at radius 3 is 2.82 bits per heavy atom. The fourth-order valence-electron chi connectivity index (χ4n) is 5.85. The summed E-state index contributed by atoms with van der Waals surface area (Å²) in [4.78, 5) is 14.2. The number of aromatic hydroxyl groups is 1. The van der Waals surface area contributed by atoms with Gasteiger partial charge in [0.1, 0.15) is 5.75 Å². The average Bonchev–Trinajstić information content (AvgIpc) is 2.61. The monoisotopic (exact) mass is 382 g/mol. The van der Waals surface area contributed by atoms with Crippen LogP contribution in [0.25, 0.3) is 0 Å². The highest BCUT2D eigenvalue weighted by Crippen LogP contribution is 2.61. The summed E-state index contributed by atoms with van der Waals surface area (Å²) in [6.07, 6.45) is 5.64. The van der Waals surface area contributed by atoms with Crippen LogP contribution < -0.4 is 5.73 Å². The molecule has 1 aliphatic heterocycles. The zero-order valence-corrected chi connectivity index (χ0v) is 16.8. The van der Waals surface area contributed by atoms with Crippen molar-refractivity contribution in [1.82, 2.24) is 4.90 Å². The molecular weight excluding hydrogens is 352 g/mol. The Bertz CT molecular complexity index is 886. The third-order valence-corrected chi connectivity index (χ3v) is 7.21. The molecule has 1 aromatic rings. The molecule has 1 aromatic carbocycles. The normalized spacial score (nSPS) is 31.7. The molecule has 2 aliphatic carbocycles. The van der Waals surface area contributed by atoms with Gasteiger partial charge in [0, 0.05) is 23.6 Å². The Labute approximate surface area is 166 Å². The summed E-state index contributed by atoms with van der Waals surface area (Å²) in [6.45, 7) is 10.0. The lowest BCUT2D eigenvalue weighted by Gasteiger charge is -2.64. The minimum absolute atomic E-state index is 0.0173. The van der Waals surface area contributed by atoms with Gasteiger partial charge in [0.25, 0.3) is 5.91 Å². The second kappa shape index (κ2) is 6.46. The lowest BCUT2D eigenvalue weighted by molar-refractivity contribution is -0.156. The van der Waals surface area contributed by atoms with E-state index in [0.717, 1.165) is 42.6 Å². The number of amides is 1. The van der Waals surface area contributed by atoms with E-state index in [-0.39, 0.29) is 17.4 Å². The van der Waals surface area contributed by atoms with E-state index in [1.807, 2.05) is 6.07 Å². The van der Waals surface area contributed by atoms with Gasteiger partial charge in [-0.1, -0.05) is 29.9 Å². The summed E-state index contributed by atoms with van der Waals surface area (Å²) < 4.78 is 0. The van der Waals surface area contributed by atoms with Gasteiger partial charge in [0.2, 0.25) is 0 Å². The van der Waals surface area contributed by atoms with Gasteiger partial charge in [-0.2, -0.15) is 0 Å². The lowest BCUT2D eigenvalue weighted by Crippen LogP contribution is -2.72. The standard InChI is InChI=1S/C23H30N2O3/c1-14(2)7-10-25-11-9-22-13-15(3)6-8-23(22,28)18(25)12-16-4-5-17(21(24)27)20(26)19(16)22/h4-5,7,18,26,28H,3,6,8-13H2,1-2H3,(H2,24,27)/t18?,22-,23-/m1/s1. The number of rotatable bonds is 3. The van der Waals surface area contributed by atoms with Gasteiger partial charge in [-0.25, -0.2) is 0 Å². The number of carbonyl (C=O) groups excluding carboxylic acids is 1. The minimum Gasteiger partial charge on any atom is -0.507 e. The van der Waals surface area contributed by atoms with Crippen molar-refractivity contribution in [1.29, 1.82) is 0 Å². The Morgan fingerprint density at radius 1 is 1.39 bits per heavy atom. The van der Waals surface area contributed by atoms with Crippen molar-refractivity contribution in [2.75, 3.05) is 13.1 Å². The van der Waals surface area contributed by atoms with E-state index < -0.39 is 16.9 Å². The van der Waals surface area contributed by atoms with Gasteiger partial charge in [-0.15, -0.1) is 0 Å². The first kappa shape index (κ1) is 19.2. The van der Waals surface area contributed by atoms with Crippen molar-refractivity contribution in [2.45, 2.75) is 63.0 Å². The van der Waals surface area contributed by atoms with Crippen molar-refractivity contribution in [3.63, 3.8) is 0 Å². The minimum atomic E-state index is -0.956. The molecule has 4 N–H and O–H groups in total. The highest BCUT2D eigenvalue weighted by atomic mass is 16.3. The Kier molecular flexibility index (Phi) is 4.43. The molecule has 1 unspecified atom stereocenters. The summed E-state index contributed by atoms with van der Waals surface area (Å²) in [6, 6.07) is 3.51. The maximum absolute atomic E-state index is 12.1. The molecule has 3 atom stereocenters. The first-order valence-corrected chi connectivity index (χ1v) is 10.1. The molecule has 2 bridgehead atoms. The van der Waals surface area contributed by atoms with E-state index in [1.54, 1.807) is 6.07 Å². The van der Waals surface area contributed by atoms with E-state index in [2.05, 4.69) is 31.4 Å². The van der Waals surface area contributed by atoms with Gasteiger partial charge < -0.3 is 15.9 Å². The van der Waals surface area contributed by atoms with Gasteiger partial charge in [0.05, 0.1) is 11.2 Å². The molecule has 2 fully saturated rings. The van der Waals surface area contributed by atoms with E-state index in [0.29, 0.717) is 19.3 Å². The van der Waals surface area contributed by atoms with Crippen LogP contribution in [0.4, 0.5) is 0 Å². The highest BCUT2D eigenvalue weighted by molar-refractivity contribution is 5.96. The molecule has 5 nitrogen and oxygen atoms in total. The first-order chi connectivity index (χ1) is 13.2. The van der Waals surface area contributed by atoms with Crippen molar-refractivity contribution in [3.8, 4) is 5.75 Å². The van der Waals surface area contributed by atoms with E-state index in [9.17, 15) is 15.0 Å². The van der Waals surface area contributed by atoms with Crippen molar-refractivity contribution in [2.24, 2.45) is 5.73 Å². The van der Waals surface area contributed by atoms with Crippen LogP contribution in [0.2, 0.25) is 0 Å². The van der Waals surface area contributed by atoms with Gasteiger partial charge in [-0.05, 0) is 64.1 Å². The van der Waals surface area contributed by atoms with Crippen LogP contribution in [0, 0.1) is 0 Å². The van der Waals surface area contributed by atoms with E-state index in [1.165, 1.54) is 5.57 Å². The molecule has 0 aromatic heterocycles. The second-order valence-corrected chi connectivity index (χ2v) is 9.04. The molecule has 3 aliphatic rings. The topological polar surface area (TPSA) is 86.8 Å². The zero-order chi connectivity index (χ0) is 20.3. The zero-order valence-electron chi connectivity index (χ0n) is 16.8. The fraction of sp³-hybridized carbons (Fsp3) is 0.522. The number of benzene rings is 1. The molecule has 0 radical (unpaired) electrons. The smallest absolute Gasteiger partial charge is 0.252 e. The molecule has 1 amide bonds. The Morgan fingerprint density at radius 2 is 2.14 bits per heavy atom. The number of hydrogen-bond donors (Lipinski definition) is 3. The number of hydrogen-bond acceptors (Lipinski definition) is 4. The number of primary amides is 1. The van der Waals surface area contributed by atoms with Crippen molar-refractivity contribution in [3.05, 3.63) is 52.6 Å². The van der Waals surface area contributed by atoms with Crippen LogP contribution in [0.5, 0.6) is 5.75 Å². The van der Waals surface area contributed by atoms with E-state index in [4.69, 9.17) is 5.73 Å². The maximum Gasteiger partial charge on any atom is 0.252 e. The molecular formula is C23H30N2O3. The average molecular weight is 383 g/mol. The number of piperidine rings is 1. The summed E-state index contributed by atoms with van der Waals surface area (Å²) in [5.74, 6) is -0.688. The van der Waals surface area contributed by atoms with Gasteiger partial charge in [0.15, 0.2) is 0 Å². The van der Waals surface area contributed by atoms with Crippen LogP contribution in [0.3, 0.4) is 0 Å². The SMILES string of the molecule is C=C1CC[C@@]2(O)C3Cc4ccc(C(N)=O)c(O)c4[C@@]2(CCN3CC=C(C)C)C1. The summed E-state index contributed by atoms with van der Waals surface area (Å²) >= 11 is 0. The molecule has 28 heavy (non-hydrogen) atoms. The molecule has 4 rings (SSSR count). The summed E-state index contributed by atoms with van der Waals surface area (Å²) in [7, 11) is 0. The number of carbonyl (C=O) groups is 1. The number of nitrogens with two attached hydrogens (primary N) is 1. The van der Waals surface area contributed by atoms with Crippen LogP contribution in [0.15, 0.2) is 35.9 Å². The number of allylic oxidation sites excluding steroid dienone is 2. The number of phenols is 1. The van der Waals surface area contributed by atoms with Crippen LogP contribution in [-0.2, 0) is 11.8 Å². The molecule has 150 valence electrons. The summed E-state index contributed by atoms with van der Waals surface area (Å²) in [5, 5.41) is 23.1. The van der Waals surface area contributed by atoms with Crippen LogP contribution in [-0.4, -0.2) is 45.8 Å². The molecule has 1 saturated heterocycles. The van der Waals surface area contributed by atoms with E-state index >= 15 is 0 Å². The maximum atomic E-state index is 12.1. The molecule has 0 spiro atoms. The van der Waals surface area contributed by atoms with Crippen LogP contribution >= 0.6 is 0 Å². The Balaban J connectivity index is 1.90. The Hall–Kier alpha value is -2.11. The number of nitrogens with zero attached hydrogens (tertiary/aromatic N) is 1. The van der Waals surface area contributed by atoms with Crippen molar-refractivity contribution < 1.29 is 15.0 Å². The second-order valence-electron chi connectivity index (χ2n) is 9.04. The molecule has 5 heteroatoms. The number of likely N-dealkylation sites (tertiary alicyclic amines) is 1. The third kappa shape index (κ3) is 2.56. The molecule has 1 saturated carbocycles. The van der Waals surface area contributed by atoms with Crippen LogP contribution in [0.1, 0.15) is 61.0 Å². The first-order valence-electron chi connectivity index (χ1n) is 10.1. The van der Waals surface area contributed by atoms with Crippen molar-refractivity contribution >= 4 is 5.91 Å². The summed E-state index contributed by atoms with van der Waals surface area (Å²) in [5.41, 5.74) is 8.16. The quantitative estimate of drug-likeness (QED) is 0.702. The number of fused-ring (bicyclic) bond motifs is 1. The largest absolute Gasteiger partial charge is 0.507 e. The van der Waals surface area contributed by atoms with Gasteiger partial charge >= 0.3 is 0 Å². The fourth-order valence-corrected chi connectivity index (χ4v) is 5.85. The lowest BCUT2D eigenvalue weighted by atomic mass is 9.48. The predicted molar refractivity (Wildman–Crippen MR) is 109 cm³/mol. The predicted octanol–water partition coefficient (Wildman–Crippen LogP) is 2.80.